The van der Waals surface area contributed by atoms with Gasteiger partial charge < -0.3 is 20.1 Å². The Bertz CT molecular complexity index is 1040. The highest BCUT2D eigenvalue weighted by molar-refractivity contribution is 8.00. The first-order valence-corrected chi connectivity index (χ1v) is 11.1. The molecule has 7 nitrogen and oxygen atoms in total. The van der Waals surface area contributed by atoms with Crippen LogP contribution in [0.15, 0.2) is 59.1 Å². The van der Waals surface area contributed by atoms with Crippen molar-refractivity contribution >= 4 is 40.6 Å². The predicted molar refractivity (Wildman–Crippen MR) is 117 cm³/mol. The number of hydrogen-bond acceptors (Lipinski definition) is 7. The van der Waals surface area contributed by atoms with Gasteiger partial charge in [-0.1, -0.05) is 17.8 Å². The van der Waals surface area contributed by atoms with E-state index in [1.54, 1.807) is 47.9 Å². The van der Waals surface area contributed by atoms with Crippen LogP contribution in [0.1, 0.15) is 15.2 Å². The molecule has 2 N–H and O–H groups in total. The number of hydrogen-bond donors (Lipinski definition) is 2. The largest absolute Gasteiger partial charge is 0.454 e. The van der Waals surface area contributed by atoms with Gasteiger partial charge in [-0.05, 0) is 42.1 Å². The van der Waals surface area contributed by atoms with E-state index in [0.717, 1.165) is 6.42 Å². The lowest BCUT2D eigenvalue weighted by Gasteiger charge is -2.09. The molecule has 0 radical (unpaired) electrons. The van der Waals surface area contributed by atoms with Gasteiger partial charge in [-0.15, -0.1) is 11.3 Å². The van der Waals surface area contributed by atoms with Gasteiger partial charge >= 0.3 is 0 Å². The molecule has 9 heteroatoms. The summed E-state index contributed by atoms with van der Waals surface area (Å²) in [7, 11) is 0. The molecule has 30 heavy (non-hydrogen) atoms. The normalized spacial score (nSPS) is 11.9. The van der Waals surface area contributed by atoms with Crippen molar-refractivity contribution in [3.05, 3.63) is 64.5 Å². The van der Waals surface area contributed by atoms with E-state index in [9.17, 15) is 9.59 Å². The number of thiophene rings is 1. The Hall–Kier alpha value is -3.04. The zero-order chi connectivity index (χ0) is 20.8. The van der Waals surface area contributed by atoms with Gasteiger partial charge in [0.2, 0.25) is 12.7 Å². The van der Waals surface area contributed by atoms with Gasteiger partial charge in [0.1, 0.15) is 5.03 Å². The van der Waals surface area contributed by atoms with Crippen molar-refractivity contribution in [2.45, 2.75) is 11.4 Å². The van der Waals surface area contributed by atoms with E-state index in [0.29, 0.717) is 34.3 Å². The molecule has 4 rings (SSSR count). The lowest BCUT2D eigenvalue weighted by Crippen LogP contribution is -2.26. The Labute approximate surface area is 181 Å². The summed E-state index contributed by atoms with van der Waals surface area (Å²) >= 11 is 2.89. The molecule has 0 atom stereocenters. The van der Waals surface area contributed by atoms with Gasteiger partial charge in [-0.2, -0.15) is 0 Å². The molecule has 0 aliphatic carbocycles. The number of amides is 2. The minimum Gasteiger partial charge on any atom is -0.454 e. The Morgan fingerprint density at radius 2 is 2.03 bits per heavy atom. The topological polar surface area (TPSA) is 89.6 Å². The molecule has 1 aliphatic rings. The smallest absolute Gasteiger partial charge is 0.254 e. The Balaban J connectivity index is 1.31. The zero-order valence-corrected chi connectivity index (χ0v) is 17.6. The number of fused-ring (bicyclic) bond motifs is 1. The average molecular weight is 442 g/mol. The maximum Gasteiger partial charge on any atom is 0.254 e. The summed E-state index contributed by atoms with van der Waals surface area (Å²) in [6.07, 6.45) is 2.39. The number of pyridine rings is 1. The maximum absolute atomic E-state index is 12.6. The molecule has 1 aliphatic heterocycles. The minimum absolute atomic E-state index is 0.126. The van der Waals surface area contributed by atoms with E-state index in [2.05, 4.69) is 15.6 Å². The van der Waals surface area contributed by atoms with Gasteiger partial charge in [0.25, 0.3) is 5.91 Å². The van der Waals surface area contributed by atoms with Gasteiger partial charge in [0.15, 0.2) is 11.5 Å². The highest BCUT2D eigenvalue weighted by atomic mass is 32.2. The minimum atomic E-state index is -0.200. The molecule has 2 amide bonds. The number of benzene rings is 1. The highest BCUT2D eigenvalue weighted by Crippen LogP contribution is 2.34. The number of aromatic nitrogens is 1. The first-order valence-electron chi connectivity index (χ1n) is 9.27. The van der Waals surface area contributed by atoms with Crippen molar-refractivity contribution in [3.63, 3.8) is 0 Å². The van der Waals surface area contributed by atoms with Crippen LogP contribution in [0.2, 0.25) is 0 Å². The van der Waals surface area contributed by atoms with E-state index in [4.69, 9.17) is 9.47 Å². The van der Waals surface area contributed by atoms with E-state index in [1.807, 2.05) is 17.5 Å². The van der Waals surface area contributed by atoms with Crippen LogP contribution in [0.25, 0.3) is 0 Å². The first-order chi connectivity index (χ1) is 14.7. The summed E-state index contributed by atoms with van der Waals surface area (Å²) in [5.74, 6) is 0.991. The highest BCUT2D eigenvalue weighted by Gasteiger charge is 2.16. The Morgan fingerprint density at radius 3 is 2.90 bits per heavy atom. The fraction of sp³-hybridized carbons (Fsp3) is 0.190. The monoisotopic (exact) mass is 441 g/mol. The summed E-state index contributed by atoms with van der Waals surface area (Å²) in [5.41, 5.74) is 1.09. The van der Waals surface area contributed by atoms with Gasteiger partial charge in [-0.25, -0.2) is 4.98 Å². The fourth-order valence-electron chi connectivity index (χ4n) is 2.83. The molecule has 154 valence electrons. The molecule has 1 aromatic carbocycles. The molecule has 0 bridgehead atoms. The first kappa shape index (κ1) is 20.2. The average Bonchev–Trinajstić information content (AvgIpc) is 3.44. The molecule has 0 saturated carbocycles. The van der Waals surface area contributed by atoms with Gasteiger partial charge in [-0.3, -0.25) is 9.59 Å². The van der Waals surface area contributed by atoms with Crippen LogP contribution >= 0.6 is 23.1 Å². The second-order valence-corrected chi connectivity index (χ2v) is 8.34. The van der Waals surface area contributed by atoms with Crippen molar-refractivity contribution in [1.82, 2.24) is 10.3 Å². The standard InChI is InChI=1S/C21H19N3O4S2/c25-19(24-14-5-6-17-18(11-14)28-13-27-17)12-30-21-16(4-1-8-23-21)20(26)22-9-7-15-3-2-10-29-15/h1-6,8,10-11H,7,9,12-13H2,(H,22,26)(H,24,25). The van der Waals surface area contributed by atoms with Crippen molar-refractivity contribution < 1.29 is 19.1 Å². The number of thioether (sulfide) groups is 1. The number of rotatable bonds is 8. The molecule has 3 heterocycles. The molecular formula is C21H19N3O4S2. The number of nitrogens with one attached hydrogen (secondary N) is 2. The summed E-state index contributed by atoms with van der Waals surface area (Å²) < 4.78 is 10.6. The van der Waals surface area contributed by atoms with Crippen molar-refractivity contribution in [1.29, 1.82) is 0 Å². The number of nitrogens with zero attached hydrogens (tertiary/aromatic N) is 1. The summed E-state index contributed by atoms with van der Waals surface area (Å²) in [4.78, 5) is 30.4. The van der Waals surface area contributed by atoms with Crippen LogP contribution in [0.4, 0.5) is 5.69 Å². The molecular weight excluding hydrogens is 422 g/mol. The Kier molecular flexibility index (Phi) is 6.50. The second kappa shape index (κ2) is 9.64. The van der Waals surface area contributed by atoms with E-state index in [-0.39, 0.29) is 24.4 Å². The van der Waals surface area contributed by atoms with Crippen molar-refractivity contribution in [3.8, 4) is 11.5 Å². The number of anilines is 1. The van der Waals surface area contributed by atoms with Crippen LogP contribution in [-0.2, 0) is 11.2 Å². The molecule has 0 spiro atoms. The summed E-state index contributed by atoms with van der Waals surface area (Å²) in [6.45, 7) is 0.726. The molecule has 0 saturated heterocycles. The zero-order valence-electron chi connectivity index (χ0n) is 15.9. The van der Waals surface area contributed by atoms with Crippen LogP contribution in [0, 0.1) is 0 Å². The third-order valence-electron chi connectivity index (χ3n) is 4.25. The number of carbonyl (C=O) groups excluding carboxylic acids is 2. The summed E-state index contributed by atoms with van der Waals surface area (Å²) in [6, 6.07) is 12.7. The quantitative estimate of drug-likeness (QED) is 0.520. The van der Waals surface area contributed by atoms with Crippen LogP contribution < -0.4 is 20.1 Å². The van der Waals surface area contributed by atoms with Crippen LogP contribution in [0.5, 0.6) is 11.5 Å². The fourth-order valence-corrected chi connectivity index (χ4v) is 4.33. The molecule has 3 aromatic rings. The number of ether oxygens (including phenoxy) is 2. The Morgan fingerprint density at radius 1 is 1.13 bits per heavy atom. The van der Waals surface area contributed by atoms with Gasteiger partial charge in [0, 0.05) is 29.4 Å². The molecule has 0 fully saturated rings. The van der Waals surface area contributed by atoms with Gasteiger partial charge in [0.05, 0.1) is 11.3 Å². The van der Waals surface area contributed by atoms with Crippen LogP contribution in [0.3, 0.4) is 0 Å². The van der Waals surface area contributed by atoms with Crippen molar-refractivity contribution in [2.24, 2.45) is 0 Å². The van der Waals surface area contributed by atoms with E-state index < -0.39 is 0 Å². The molecule has 2 aromatic heterocycles. The lowest BCUT2D eigenvalue weighted by atomic mass is 10.2. The number of carbonyl (C=O) groups is 2. The van der Waals surface area contributed by atoms with Crippen LogP contribution in [-0.4, -0.2) is 35.9 Å². The SMILES string of the molecule is O=C(CSc1ncccc1C(=O)NCCc1cccs1)Nc1ccc2c(c1)OCO2. The van der Waals surface area contributed by atoms with E-state index in [1.165, 1.54) is 16.6 Å². The predicted octanol–water partition coefficient (Wildman–Crippen LogP) is 3.58. The van der Waals surface area contributed by atoms with Crippen molar-refractivity contribution in [2.75, 3.05) is 24.4 Å². The maximum atomic E-state index is 12.6. The van der Waals surface area contributed by atoms with E-state index >= 15 is 0 Å². The third kappa shape index (κ3) is 5.11. The molecule has 0 unspecified atom stereocenters. The third-order valence-corrected chi connectivity index (χ3v) is 6.19. The lowest BCUT2D eigenvalue weighted by molar-refractivity contribution is -0.113. The summed E-state index contributed by atoms with van der Waals surface area (Å²) in [5, 5.41) is 8.27. The second-order valence-electron chi connectivity index (χ2n) is 6.35.